The molecule has 0 saturated heterocycles. The number of thiazole rings is 1. The molecule has 0 bridgehead atoms. The third kappa shape index (κ3) is 2.88. The molecular weight excluding hydrogens is 356 g/mol. The lowest BCUT2D eigenvalue weighted by Gasteiger charge is -2.07. The molecule has 0 fully saturated rings. The average molecular weight is 370 g/mol. The van der Waals surface area contributed by atoms with Gasteiger partial charge < -0.3 is 9.73 Å². The Bertz CT molecular complexity index is 1220. The van der Waals surface area contributed by atoms with Crippen LogP contribution in [0.25, 0.3) is 31.8 Å². The molecule has 0 radical (unpaired) electrons. The molecule has 2 aromatic heterocycles. The Balaban J connectivity index is 1.51. The van der Waals surface area contributed by atoms with Gasteiger partial charge in [-0.2, -0.15) is 0 Å². The first-order valence-corrected chi connectivity index (χ1v) is 9.34. The van der Waals surface area contributed by atoms with E-state index in [9.17, 15) is 4.79 Å². The summed E-state index contributed by atoms with van der Waals surface area (Å²) in [5.74, 6) is 0.00932. The molecule has 5 rings (SSSR count). The van der Waals surface area contributed by atoms with Gasteiger partial charge in [0.25, 0.3) is 5.91 Å². The van der Waals surface area contributed by atoms with Crippen LogP contribution in [0.4, 0.5) is 5.69 Å². The summed E-state index contributed by atoms with van der Waals surface area (Å²) < 4.78 is 6.79. The molecule has 0 spiro atoms. The largest absolute Gasteiger partial charge is 0.451 e. The molecular formula is C22H14N2O2S. The van der Waals surface area contributed by atoms with Crippen LogP contribution >= 0.6 is 11.3 Å². The van der Waals surface area contributed by atoms with E-state index < -0.39 is 0 Å². The number of amides is 1. The van der Waals surface area contributed by atoms with Crippen molar-refractivity contribution in [3.8, 4) is 10.6 Å². The molecule has 0 aliphatic carbocycles. The lowest BCUT2D eigenvalue weighted by Crippen LogP contribution is -2.11. The first-order valence-electron chi connectivity index (χ1n) is 8.53. The van der Waals surface area contributed by atoms with Crippen molar-refractivity contribution in [3.63, 3.8) is 0 Å². The van der Waals surface area contributed by atoms with Crippen molar-refractivity contribution < 1.29 is 9.21 Å². The number of para-hydroxylation sites is 3. The zero-order chi connectivity index (χ0) is 18.2. The maximum atomic E-state index is 12.7. The highest BCUT2D eigenvalue weighted by Gasteiger charge is 2.16. The molecule has 1 N–H and O–H groups in total. The minimum absolute atomic E-state index is 0.278. The molecule has 0 atom stereocenters. The normalized spacial score (nSPS) is 11.1. The van der Waals surface area contributed by atoms with Gasteiger partial charge in [0.15, 0.2) is 5.76 Å². The summed E-state index contributed by atoms with van der Waals surface area (Å²) in [7, 11) is 0. The van der Waals surface area contributed by atoms with Gasteiger partial charge in [-0.05, 0) is 36.4 Å². The number of benzene rings is 3. The minimum atomic E-state index is -0.278. The zero-order valence-electron chi connectivity index (χ0n) is 14.2. The first kappa shape index (κ1) is 15.8. The van der Waals surface area contributed by atoms with Gasteiger partial charge in [0.2, 0.25) is 0 Å². The molecule has 5 heteroatoms. The van der Waals surface area contributed by atoms with Crippen LogP contribution in [-0.4, -0.2) is 10.9 Å². The number of hydrogen-bond donors (Lipinski definition) is 1. The van der Waals surface area contributed by atoms with Gasteiger partial charge in [-0.1, -0.05) is 42.5 Å². The Morgan fingerprint density at radius 3 is 2.59 bits per heavy atom. The van der Waals surface area contributed by atoms with E-state index in [1.165, 1.54) is 0 Å². The van der Waals surface area contributed by atoms with E-state index in [4.69, 9.17) is 9.40 Å². The van der Waals surface area contributed by atoms with E-state index in [0.717, 1.165) is 26.2 Å². The number of fused-ring (bicyclic) bond motifs is 2. The molecule has 0 saturated carbocycles. The van der Waals surface area contributed by atoms with Gasteiger partial charge in [-0.3, -0.25) is 4.79 Å². The maximum absolute atomic E-state index is 12.7. The molecule has 130 valence electrons. The standard InChI is InChI=1S/C22H14N2O2S/c25-21(19-13-14-7-1-5-11-18(14)26-19)23-16-9-3-2-8-15(16)22-24-17-10-4-6-12-20(17)27-22/h1-13H,(H,23,25). The Morgan fingerprint density at radius 2 is 1.70 bits per heavy atom. The van der Waals surface area contributed by atoms with Crippen LogP contribution in [0.15, 0.2) is 83.3 Å². The summed E-state index contributed by atoms with van der Waals surface area (Å²) >= 11 is 1.61. The second kappa shape index (κ2) is 6.37. The summed E-state index contributed by atoms with van der Waals surface area (Å²) in [5.41, 5.74) is 3.25. The number of rotatable bonds is 3. The van der Waals surface area contributed by atoms with Crippen LogP contribution in [-0.2, 0) is 0 Å². The monoisotopic (exact) mass is 370 g/mol. The number of carbonyl (C=O) groups excluding carboxylic acids is 1. The van der Waals surface area contributed by atoms with Crippen LogP contribution in [0.2, 0.25) is 0 Å². The SMILES string of the molecule is O=C(Nc1ccccc1-c1nc2ccccc2s1)c1cc2ccccc2o1. The second-order valence-electron chi connectivity index (χ2n) is 6.13. The van der Waals surface area contributed by atoms with E-state index >= 15 is 0 Å². The fourth-order valence-electron chi connectivity index (χ4n) is 3.04. The smallest absolute Gasteiger partial charge is 0.291 e. The highest BCUT2D eigenvalue weighted by atomic mass is 32.1. The Hall–Kier alpha value is -3.44. The fraction of sp³-hybridized carbons (Fsp3) is 0. The van der Waals surface area contributed by atoms with Gasteiger partial charge >= 0.3 is 0 Å². The van der Waals surface area contributed by atoms with Crippen LogP contribution in [0.3, 0.4) is 0 Å². The number of carbonyl (C=O) groups is 1. The quantitative estimate of drug-likeness (QED) is 0.426. The molecule has 2 heterocycles. The summed E-state index contributed by atoms with van der Waals surface area (Å²) in [5, 5.41) is 4.74. The second-order valence-corrected chi connectivity index (χ2v) is 7.17. The highest BCUT2D eigenvalue weighted by Crippen LogP contribution is 2.34. The van der Waals surface area contributed by atoms with Gasteiger partial charge in [-0.25, -0.2) is 4.98 Å². The molecule has 5 aromatic rings. The van der Waals surface area contributed by atoms with E-state index in [0.29, 0.717) is 11.3 Å². The lowest BCUT2D eigenvalue weighted by molar-refractivity contribution is 0.0999. The number of anilines is 1. The number of aromatic nitrogens is 1. The van der Waals surface area contributed by atoms with Gasteiger partial charge in [0.1, 0.15) is 10.6 Å². The van der Waals surface area contributed by atoms with Crippen molar-refractivity contribution in [2.75, 3.05) is 5.32 Å². The van der Waals surface area contributed by atoms with Crippen molar-refractivity contribution >= 4 is 44.1 Å². The van der Waals surface area contributed by atoms with Crippen molar-refractivity contribution in [2.45, 2.75) is 0 Å². The summed E-state index contributed by atoms with van der Waals surface area (Å²) in [6, 6.07) is 25.0. The fourth-order valence-corrected chi connectivity index (χ4v) is 4.05. The van der Waals surface area contributed by atoms with Gasteiger partial charge in [-0.15, -0.1) is 11.3 Å². The third-order valence-electron chi connectivity index (χ3n) is 4.35. The predicted molar refractivity (Wildman–Crippen MR) is 109 cm³/mol. The van der Waals surface area contributed by atoms with Crippen LogP contribution in [0.5, 0.6) is 0 Å². The van der Waals surface area contributed by atoms with E-state index in [1.807, 2.05) is 72.8 Å². The Labute approximate surface area is 159 Å². The maximum Gasteiger partial charge on any atom is 0.291 e. The first-order chi connectivity index (χ1) is 13.3. The van der Waals surface area contributed by atoms with Gasteiger partial charge in [0, 0.05) is 10.9 Å². The van der Waals surface area contributed by atoms with E-state index in [-0.39, 0.29) is 11.7 Å². The number of furan rings is 1. The number of nitrogens with one attached hydrogen (secondary N) is 1. The molecule has 0 aliphatic heterocycles. The average Bonchev–Trinajstić information content (AvgIpc) is 3.32. The minimum Gasteiger partial charge on any atom is -0.451 e. The highest BCUT2D eigenvalue weighted by molar-refractivity contribution is 7.21. The topological polar surface area (TPSA) is 55.1 Å². The molecule has 4 nitrogen and oxygen atoms in total. The molecule has 0 aliphatic rings. The summed E-state index contributed by atoms with van der Waals surface area (Å²) in [4.78, 5) is 17.4. The Kier molecular flexibility index (Phi) is 3.73. The van der Waals surface area contributed by atoms with E-state index in [1.54, 1.807) is 17.4 Å². The zero-order valence-corrected chi connectivity index (χ0v) is 15.0. The van der Waals surface area contributed by atoms with E-state index in [2.05, 4.69) is 5.32 Å². The van der Waals surface area contributed by atoms with Crippen molar-refractivity contribution in [1.82, 2.24) is 4.98 Å². The van der Waals surface area contributed by atoms with Crippen molar-refractivity contribution in [3.05, 3.63) is 84.6 Å². The number of hydrogen-bond acceptors (Lipinski definition) is 4. The van der Waals surface area contributed by atoms with Crippen LogP contribution in [0, 0.1) is 0 Å². The summed E-state index contributed by atoms with van der Waals surface area (Å²) in [6.07, 6.45) is 0. The van der Waals surface area contributed by atoms with Crippen LogP contribution in [0.1, 0.15) is 10.6 Å². The summed E-state index contributed by atoms with van der Waals surface area (Å²) in [6.45, 7) is 0. The number of nitrogens with zero attached hydrogens (tertiary/aromatic N) is 1. The molecule has 0 unspecified atom stereocenters. The van der Waals surface area contributed by atoms with Crippen molar-refractivity contribution in [1.29, 1.82) is 0 Å². The third-order valence-corrected chi connectivity index (χ3v) is 5.42. The molecule has 1 amide bonds. The lowest BCUT2D eigenvalue weighted by atomic mass is 10.2. The molecule has 3 aromatic carbocycles. The molecule has 27 heavy (non-hydrogen) atoms. The predicted octanol–water partition coefficient (Wildman–Crippen LogP) is 5.96. The Morgan fingerprint density at radius 1 is 0.926 bits per heavy atom. The van der Waals surface area contributed by atoms with Crippen molar-refractivity contribution in [2.24, 2.45) is 0 Å². The van der Waals surface area contributed by atoms with Crippen LogP contribution < -0.4 is 5.32 Å². The van der Waals surface area contributed by atoms with Gasteiger partial charge in [0.05, 0.1) is 15.9 Å².